The van der Waals surface area contributed by atoms with Crippen LogP contribution in [0.15, 0.2) is 42.5 Å². The second-order valence-electron chi connectivity index (χ2n) is 7.23. The average Bonchev–Trinajstić information content (AvgIpc) is 3.19. The van der Waals surface area contributed by atoms with Crippen molar-refractivity contribution in [3.63, 3.8) is 0 Å². The Hall–Kier alpha value is -2.34. The summed E-state index contributed by atoms with van der Waals surface area (Å²) in [5.74, 6) is -0.463. The lowest BCUT2D eigenvalue weighted by Gasteiger charge is -2.30. The van der Waals surface area contributed by atoms with Gasteiger partial charge in [0.05, 0.1) is 23.2 Å². The van der Waals surface area contributed by atoms with E-state index in [0.717, 1.165) is 24.2 Å². The van der Waals surface area contributed by atoms with Crippen molar-refractivity contribution >= 4 is 51.6 Å². The molecule has 2 amide bonds. The van der Waals surface area contributed by atoms with Crippen LogP contribution >= 0.6 is 23.2 Å². The van der Waals surface area contributed by atoms with E-state index in [1.54, 1.807) is 18.2 Å². The van der Waals surface area contributed by atoms with E-state index in [9.17, 15) is 9.59 Å². The Labute approximate surface area is 171 Å². The van der Waals surface area contributed by atoms with E-state index in [1.165, 1.54) is 15.8 Å². The second kappa shape index (κ2) is 6.62. The number of H-pyrrole nitrogens is 1. The van der Waals surface area contributed by atoms with Gasteiger partial charge < -0.3 is 4.98 Å². The highest BCUT2D eigenvalue weighted by Gasteiger charge is 2.44. The van der Waals surface area contributed by atoms with Crippen LogP contribution in [0.2, 0.25) is 10.0 Å². The molecule has 3 heterocycles. The van der Waals surface area contributed by atoms with Crippen molar-refractivity contribution in [3.8, 4) is 0 Å². The fourth-order valence-electron chi connectivity index (χ4n) is 4.30. The minimum Gasteiger partial charge on any atom is -0.357 e. The molecule has 7 heteroatoms. The van der Waals surface area contributed by atoms with Crippen LogP contribution in [0.25, 0.3) is 10.9 Å². The molecule has 1 fully saturated rings. The van der Waals surface area contributed by atoms with Crippen LogP contribution in [-0.2, 0) is 22.6 Å². The Morgan fingerprint density at radius 3 is 2.71 bits per heavy atom. The largest absolute Gasteiger partial charge is 0.357 e. The minimum atomic E-state index is -0.473. The number of nitrogens with zero attached hydrogens (tertiary/aromatic N) is 2. The van der Waals surface area contributed by atoms with Crippen LogP contribution in [-0.4, -0.2) is 34.3 Å². The number of nitrogens with one attached hydrogen (secondary N) is 1. The molecule has 1 atom stereocenters. The standard InChI is InChI=1S/C21H17Cl2N3O2/c22-12-5-6-18(15(23)9-12)26-20(27)10-19(21(26)28)25-8-7-14-13-3-1-2-4-16(13)24-17(14)11-25/h1-6,9,19,24H,7-8,10-11H2/t19-/m0/s1. The van der Waals surface area contributed by atoms with Crippen LogP contribution in [0.1, 0.15) is 17.7 Å². The monoisotopic (exact) mass is 413 g/mol. The van der Waals surface area contributed by atoms with E-state index in [2.05, 4.69) is 22.0 Å². The summed E-state index contributed by atoms with van der Waals surface area (Å²) in [5, 5.41) is 2.00. The van der Waals surface area contributed by atoms with Crippen LogP contribution in [0.3, 0.4) is 0 Å². The molecular formula is C21H17Cl2N3O2. The third-order valence-electron chi connectivity index (χ3n) is 5.63. The molecule has 5 rings (SSSR count). The zero-order valence-corrected chi connectivity index (χ0v) is 16.4. The molecule has 0 unspecified atom stereocenters. The van der Waals surface area contributed by atoms with Gasteiger partial charge in [-0.05, 0) is 36.2 Å². The van der Waals surface area contributed by atoms with E-state index < -0.39 is 6.04 Å². The lowest BCUT2D eigenvalue weighted by molar-refractivity contribution is -0.123. The first-order valence-electron chi connectivity index (χ1n) is 9.17. The van der Waals surface area contributed by atoms with E-state index >= 15 is 0 Å². The number of aromatic nitrogens is 1. The van der Waals surface area contributed by atoms with Gasteiger partial charge >= 0.3 is 0 Å². The molecule has 0 spiro atoms. The minimum absolute atomic E-state index is 0.160. The number of amides is 2. The Morgan fingerprint density at radius 1 is 1.07 bits per heavy atom. The molecule has 2 aliphatic rings. The Morgan fingerprint density at radius 2 is 1.89 bits per heavy atom. The van der Waals surface area contributed by atoms with E-state index in [4.69, 9.17) is 23.2 Å². The second-order valence-corrected chi connectivity index (χ2v) is 8.07. The van der Waals surface area contributed by atoms with Gasteiger partial charge in [0.2, 0.25) is 5.91 Å². The highest BCUT2D eigenvalue weighted by molar-refractivity contribution is 6.38. The van der Waals surface area contributed by atoms with Gasteiger partial charge in [0.1, 0.15) is 0 Å². The number of halogens is 2. The molecule has 1 aromatic heterocycles. The van der Waals surface area contributed by atoms with Crippen LogP contribution in [0, 0.1) is 0 Å². The zero-order chi connectivity index (χ0) is 19.4. The molecule has 5 nitrogen and oxygen atoms in total. The molecular weight excluding hydrogens is 397 g/mol. The third kappa shape index (κ3) is 2.73. The molecule has 1 N–H and O–H groups in total. The lowest BCUT2D eigenvalue weighted by Crippen LogP contribution is -2.44. The van der Waals surface area contributed by atoms with Crippen molar-refractivity contribution in [1.29, 1.82) is 0 Å². The lowest BCUT2D eigenvalue weighted by atomic mass is 10.0. The number of hydrogen-bond donors (Lipinski definition) is 1. The number of rotatable bonds is 2. The SMILES string of the molecule is O=C1C[C@H](N2CCc3c([nH]c4ccccc34)C2)C(=O)N1c1ccc(Cl)cc1Cl. The van der Waals surface area contributed by atoms with Crippen LogP contribution in [0.4, 0.5) is 5.69 Å². The molecule has 0 aliphatic carbocycles. The van der Waals surface area contributed by atoms with Gasteiger partial charge in [0.25, 0.3) is 5.91 Å². The molecule has 0 radical (unpaired) electrons. The quantitative estimate of drug-likeness (QED) is 0.641. The number of aromatic amines is 1. The van der Waals surface area contributed by atoms with Gasteiger partial charge in [0.15, 0.2) is 0 Å². The van der Waals surface area contributed by atoms with E-state index in [0.29, 0.717) is 22.3 Å². The number of carbonyl (C=O) groups excluding carboxylic acids is 2. The number of hydrogen-bond acceptors (Lipinski definition) is 3. The Kier molecular flexibility index (Phi) is 4.19. The summed E-state index contributed by atoms with van der Waals surface area (Å²) in [4.78, 5) is 32.5. The first kappa shape index (κ1) is 17.7. The average molecular weight is 414 g/mol. The number of carbonyl (C=O) groups is 2. The Bertz CT molecular complexity index is 1120. The Balaban J connectivity index is 1.43. The van der Waals surface area contributed by atoms with Gasteiger partial charge in [0, 0.05) is 34.7 Å². The fourth-order valence-corrected chi connectivity index (χ4v) is 4.79. The zero-order valence-electron chi connectivity index (χ0n) is 14.9. The highest BCUT2D eigenvalue weighted by atomic mass is 35.5. The summed E-state index contributed by atoms with van der Waals surface area (Å²) in [6.45, 7) is 1.36. The number of imide groups is 1. The number of anilines is 1. The normalized spacial score (nSPS) is 20.2. The first-order valence-corrected chi connectivity index (χ1v) is 9.93. The summed E-state index contributed by atoms with van der Waals surface area (Å²) < 4.78 is 0. The maximum Gasteiger partial charge on any atom is 0.251 e. The summed E-state index contributed by atoms with van der Waals surface area (Å²) in [5.41, 5.74) is 3.93. The number of fused-ring (bicyclic) bond motifs is 3. The van der Waals surface area contributed by atoms with Crippen molar-refractivity contribution < 1.29 is 9.59 Å². The smallest absolute Gasteiger partial charge is 0.251 e. The molecule has 1 saturated heterocycles. The highest BCUT2D eigenvalue weighted by Crippen LogP contribution is 2.35. The van der Waals surface area contributed by atoms with Gasteiger partial charge in [-0.1, -0.05) is 41.4 Å². The molecule has 0 bridgehead atoms. The summed E-state index contributed by atoms with van der Waals surface area (Å²) in [7, 11) is 0. The molecule has 28 heavy (non-hydrogen) atoms. The number of benzene rings is 2. The van der Waals surface area contributed by atoms with Crippen molar-refractivity contribution in [1.82, 2.24) is 9.88 Å². The maximum absolute atomic E-state index is 13.1. The van der Waals surface area contributed by atoms with E-state index in [-0.39, 0.29) is 18.2 Å². The van der Waals surface area contributed by atoms with Gasteiger partial charge in [-0.2, -0.15) is 0 Å². The summed E-state index contributed by atoms with van der Waals surface area (Å²) in [6, 6.07) is 12.6. The predicted molar refractivity (Wildman–Crippen MR) is 110 cm³/mol. The predicted octanol–water partition coefficient (Wildman–Crippen LogP) is 4.16. The molecule has 0 saturated carbocycles. The van der Waals surface area contributed by atoms with Crippen molar-refractivity contribution in [2.24, 2.45) is 0 Å². The van der Waals surface area contributed by atoms with Crippen LogP contribution < -0.4 is 4.90 Å². The van der Waals surface area contributed by atoms with Crippen molar-refractivity contribution in [2.45, 2.75) is 25.4 Å². The van der Waals surface area contributed by atoms with Gasteiger partial charge in [-0.3, -0.25) is 14.5 Å². The van der Waals surface area contributed by atoms with Gasteiger partial charge in [-0.15, -0.1) is 0 Å². The van der Waals surface area contributed by atoms with E-state index in [1.807, 2.05) is 12.1 Å². The van der Waals surface area contributed by atoms with Crippen LogP contribution in [0.5, 0.6) is 0 Å². The van der Waals surface area contributed by atoms with Gasteiger partial charge in [-0.25, -0.2) is 4.90 Å². The molecule has 142 valence electrons. The molecule has 2 aliphatic heterocycles. The number of para-hydroxylation sites is 1. The fraction of sp³-hybridized carbons (Fsp3) is 0.238. The summed E-state index contributed by atoms with van der Waals surface area (Å²) >= 11 is 12.2. The van der Waals surface area contributed by atoms with Crippen molar-refractivity contribution in [3.05, 3.63) is 63.8 Å². The van der Waals surface area contributed by atoms with Crippen molar-refractivity contribution in [2.75, 3.05) is 11.4 Å². The molecule has 2 aromatic carbocycles. The summed E-state index contributed by atoms with van der Waals surface area (Å²) in [6.07, 6.45) is 1.01. The first-order chi connectivity index (χ1) is 13.5. The molecule has 3 aromatic rings. The third-order valence-corrected chi connectivity index (χ3v) is 6.16. The maximum atomic E-state index is 13.1. The topological polar surface area (TPSA) is 56.4 Å².